The zero-order chi connectivity index (χ0) is 19.2. The third kappa shape index (κ3) is 5.07. The van der Waals surface area contributed by atoms with E-state index in [0.29, 0.717) is 5.69 Å². The fraction of sp³-hybridized carbons (Fsp3) is 0.211. The van der Waals surface area contributed by atoms with Gasteiger partial charge in [-0.3, -0.25) is 4.79 Å². The summed E-state index contributed by atoms with van der Waals surface area (Å²) in [7, 11) is 0. The second-order valence-electron chi connectivity index (χ2n) is 5.71. The van der Waals surface area contributed by atoms with Crippen molar-refractivity contribution in [3.8, 4) is 5.75 Å². The molecule has 0 aliphatic rings. The van der Waals surface area contributed by atoms with E-state index in [9.17, 15) is 9.18 Å². The lowest BCUT2D eigenvalue weighted by molar-refractivity contribution is -0.115. The summed E-state index contributed by atoms with van der Waals surface area (Å²) in [6.07, 6.45) is -0.628. The molecule has 0 aliphatic heterocycles. The molecule has 2 aromatic carbocycles. The van der Waals surface area contributed by atoms with E-state index >= 15 is 0 Å². The Morgan fingerprint density at radius 2 is 1.81 bits per heavy atom. The Morgan fingerprint density at radius 3 is 2.56 bits per heavy atom. The molecule has 3 aromatic rings. The number of benzene rings is 2. The largest absolute Gasteiger partial charge is 0.478 e. The maximum atomic E-state index is 13.7. The van der Waals surface area contributed by atoms with Crippen LogP contribution in [0.25, 0.3) is 0 Å². The number of anilines is 1. The zero-order valence-electron chi connectivity index (χ0n) is 14.8. The van der Waals surface area contributed by atoms with Crippen LogP contribution in [0.1, 0.15) is 25.8 Å². The molecule has 140 valence electrons. The standard InChI is InChI=1S/C19H18FN3O3S/c1-12(25-16-11-7-6-10-15(16)20)18-22-23-19(26-18)27-13(2)17(24)21-14-8-4-3-5-9-14/h3-13H,1-2H3,(H,21,24)/t12-,13-/m1/s1. The number of nitrogens with one attached hydrogen (secondary N) is 1. The van der Waals surface area contributed by atoms with Crippen LogP contribution >= 0.6 is 11.8 Å². The van der Waals surface area contributed by atoms with Crippen LogP contribution in [0.2, 0.25) is 0 Å². The molecule has 3 rings (SSSR count). The monoisotopic (exact) mass is 387 g/mol. The van der Waals surface area contributed by atoms with Crippen molar-refractivity contribution >= 4 is 23.4 Å². The van der Waals surface area contributed by atoms with E-state index in [2.05, 4.69) is 15.5 Å². The third-order valence-electron chi connectivity index (χ3n) is 3.60. The van der Waals surface area contributed by atoms with Gasteiger partial charge in [-0.25, -0.2) is 4.39 Å². The highest BCUT2D eigenvalue weighted by Crippen LogP contribution is 2.27. The Labute approximate surface area is 160 Å². The predicted octanol–water partition coefficient (Wildman–Crippen LogP) is 4.47. The number of hydrogen-bond donors (Lipinski definition) is 1. The molecule has 0 saturated heterocycles. The van der Waals surface area contributed by atoms with Crippen LogP contribution in [0.4, 0.5) is 10.1 Å². The molecule has 0 unspecified atom stereocenters. The number of thioether (sulfide) groups is 1. The average Bonchev–Trinajstić information content (AvgIpc) is 3.13. The third-order valence-corrected chi connectivity index (χ3v) is 4.53. The molecule has 1 N–H and O–H groups in total. The van der Waals surface area contributed by atoms with Crippen LogP contribution < -0.4 is 10.1 Å². The van der Waals surface area contributed by atoms with Crippen LogP contribution in [0.15, 0.2) is 64.2 Å². The highest BCUT2D eigenvalue weighted by Gasteiger charge is 2.21. The van der Waals surface area contributed by atoms with Crippen LogP contribution in [0.5, 0.6) is 5.75 Å². The van der Waals surface area contributed by atoms with Gasteiger partial charge in [0.15, 0.2) is 17.7 Å². The van der Waals surface area contributed by atoms with Gasteiger partial charge in [-0.05, 0) is 38.1 Å². The zero-order valence-corrected chi connectivity index (χ0v) is 15.6. The normalized spacial score (nSPS) is 13.0. The van der Waals surface area contributed by atoms with Crippen molar-refractivity contribution in [1.29, 1.82) is 0 Å². The number of para-hydroxylation sites is 2. The fourth-order valence-corrected chi connectivity index (χ4v) is 2.87. The molecule has 0 fully saturated rings. The van der Waals surface area contributed by atoms with E-state index in [1.807, 2.05) is 30.3 Å². The lowest BCUT2D eigenvalue weighted by Crippen LogP contribution is -2.22. The van der Waals surface area contributed by atoms with E-state index < -0.39 is 17.2 Å². The number of amides is 1. The van der Waals surface area contributed by atoms with E-state index in [1.165, 1.54) is 12.1 Å². The molecule has 8 heteroatoms. The summed E-state index contributed by atoms with van der Waals surface area (Å²) in [5.74, 6) is -0.337. The van der Waals surface area contributed by atoms with Crippen LogP contribution in [-0.2, 0) is 4.79 Å². The van der Waals surface area contributed by atoms with Gasteiger partial charge in [0.25, 0.3) is 11.1 Å². The SMILES string of the molecule is C[C@@H](Sc1nnc([C@@H](C)Oc2ccccc2F)o1)C(=O)Nc1ccccc1. The summed E-state index contributed by atoms with van der Waals surface area (Å²) in [4.78, 5) is 12.2. The molecule has 0 aliphatic carbocycles. The smallest absolute Gasteiger partial charge is 0.277 e. The summed E-state index contributed by atoms with van der Waals surface area (Å²) in [6, 6.07) is 15.3. The van der Waals surface area contributed by atoms with E-state index in [4.69, 9.17) is 9.15 Å². The fourth-order valence-electron chi connectivity index (χ4n) is 2.18. The summed E-state index contributed by atoms with van der Waals surface area (Å²) in [6.45, 7) is 3.42. The molecule has 0 saturated carbocycles. The Balaban J connectivity index is 1.58. The minimum absolute atomic E-state index is 0.105. The summed E-state index contributed by atoms with van der Waals surface area (Å²) in [5.41, 5.74) is 0.716. The lowest BCUT2D eigenvalue weighted by Gasteiger charge is -2.11. The molecule has 0 bridgehead atoms. The van der Waals surface area contributed by atoms with Gasteiger partial charge in [0.05, 0.1) is 5.25 Å². The number of ether oxygens (including phenoxy) is 1. The Kier molecular flexibility index (Phi) is 6.08. The number of aromatic nitrogens is 2. The molecule has 0 spiro atoms. The first-order valence-corrected chi connectivity index (χ1v) is 9.18. The van der Waals surface area contributed by atoms with Crippen molar-refractivity contribution in [2.75, 3.05) is 5.32 Å². The Morgan fingerprint density at radius 1 is 1.11 bits per heavy atom. The molecular formula is C19H18FN3O3S. The summed E-state index contributed by atoms with van der Waals surface area (Å²) >= 11 is 1.14. The van der Waals surface area contributed by atoms with Gasteiger partial charge in [-0.1, -0.05) is 42.1 Å². The van der Waals surface area contributed by atoms with Crippen molar-refractivity contribution in [3.63, 3.8) is 0 Å². The first-order chi connectivity index (χ1) is 13.0. The van der Waals surface area contributed by atoms with E-state index in [-0.39, 0.29) is 22.8 Å². The van der Waals surface area contributed by atoms with Crippen LogP contribution in [0, 0.1) is 5.82 Å². The number of carbonyl (C=O) groups excluding carboxylic acids is 1. The van der Waals surface area contributed by atoms with Crippen molar-refractivity contribution in [2.24, 2.45) is 0 Å². The second kappa shape index (κ2) is 8.68. The van der Waals surface area contributed by atoms with E-state index in [1.54, 1.807) is 26.0 Å². The first-order valence-electron chi connectivity index (χ1n) is 8.30. The molecule has 1 amide bonds. The molecular weight excluding hydrogens is 369 g/mol. The molecule has 27 heavy (non-hydrogen) atoms. The van der Waals surface area contributed by atoms with E-state index in [0.717, 1.165) is 11.8 Å². The molecule has 0 radical (unpaired) electrons. The predicted molar refractivity (Wildman–Crippen MR) is 100 cm³/mol. The van der Waals surface area contributed by atoms with Gasteiger partial charge in [-0.15, -0.1) is 10.2 Å². The Hall–Kier alpha value is -2.87. The van der Waals surface area contributed by atoms with Gasteiger partial charge in [0, 0.05) is 5.69 Å². The molecule has 6 nitrogen and oxygen atoms in total. The van der Waals surface area contributed by atoms with Crippen LogP contribution in [0.3, 0.4) is 0 Å². The van der Waals surface area contributed by atoms with Gasteiger partial charge in [0.2, 0.25) is 5.91 Å². The quantitative estimate of drug-likeness (QED) is 0.603. The Bertz CT molecular complexity index is 904. The number of rotatable bonds is 7. The van der Waals surface area contributed by atoms with Crippen molar-refractivity contribution in [2.45, 2.75) is 30.4 Å². The maximum absolute atomic E-state index is 13.7. The molecule has 1 aromatic heterocycles. The summed E-state index contributed by atoms with van der Waals surface area (Å²) < 4.78 is 24.7. The van der Waals surface area contributed by atoms with Crippen molar-refractivity contribution in [3.05, 3.63) is 66.3 Å². The number of carbonyl (C=O) groups is 1. The van der Waals surface area contributed by atoms with Crippen LogP contribution in [-0.4, -0.2) is 21.4 Å². The van der Waals surface area contributed by atoms with Gasteiger partial charge in [0.1, 0.15) is 0 Å². The van der Waals surface area contributed by atoms with Crippen molar-refractivity contribution < 1.29 is 18.3 Å². The highest BCUT2D eigenvalue weighted by atomic mass is 32.2. The van der Waals surface area contributed by atoms with Gasteiger partial charge >= 0.3 is 0 Å². The molecule has 1 heterocycles. The minimum atomic E-state index is -0.628. The average molecular weight is 387 g/mol. The number of halogens is 1. The summed E-state index contributed by atoms with van der Waals surface area (Å²) in [5, 5.41) is 10.5. The molecule has 2 atom stereocenters. The first kappa shape index (κ1) is 18.9. The second-order valence-corrected chi connectivity index (χ2v) is 7.00. The van der Waals surface area contributed by atoms with Crippen molar-refractivity contribution in [1.82, 2.24) is 10.2 Å². The lowest BCUT2D eigenvalue weighted by atomic mass is 10.3. The number of hydrogen-bond acceptors (Lipinski definition) is 6. The van der Waals surface area contributed by atoms with Gasteiger partial charge in [-0.2, -0.15) is 0 Å². The number of nitrogens with zero attached hydrogens (tertiary/aromatic N) is 2. The topological polar surface area (TPSA) is 77.2 Å². The highest BCUT2D eigenvalue weighted by molar-refractivity contribution is 8.00. The minimum Gasteiger partial charge on any atom is -0.478 e. The van der Waals surface area contributed by atoms with Gasteiger partial charge < -0.3 is 14.5 Å². The maximum Gasteiger partial charge on any atom is 0.277 e.